The molecule has 0 aromatic heterocycles. The molecule has 1 aromatic carbocycles. The van der Waals surface area contributed by atoms with E-state index in [4.69, 9.17) is 5.73 Å². The normalized spacial score (nSPS) is 15.7. The number of rotatable bonds is 4. The summed E-state index contributed by atoms with van der Waals surface area (Å²) >= 11 is 1.68. The Morgan fingerprint density at radius 3 is 2.89 bits per heavy atom. The summed E-state index contributed by atoms with van der Waals surface area (Å²) in [6, 6.07) is 7.78. The summed E-state index contributed by atoms with van der Waals surface area (Å²) in [7, 11) is 0. The van der Waals surface area contributed by atoms with E-state index in [0.717, 1.165) is 42.5 Å². The van der Waals surface area contributed by atoms with Gasteiger partial charge >= 0.3 is 0 Å². The molecule has 1 aromatic rings. The summed E-state index contributed by atoms with van der Waals surface area (Å²) in [4.78, 5) is 15.0. The number of benzene rings is 1. The van der Waals surface area contributed by atoms with Crippen LogP contribution in [0.2, 0.25) is 0 Å². The van der Waals surface area contributed by atoms with Crippen molar-refractivity contribution in [1.82, 2.24) is 10.2 Å². The molecule has 0 atom stereocenters. The number of nitrogens with zero attached hydrogens (tertiary/aromatic N) is 1. The molecule has 4 nitrogen and oxygen atoms in total. The molecular formula is C13H19N3OS. The van der Waals surface area contributed by atoms with Gasteiger partial charge in [-0.05, 0) is 18.2 Å². The van der Waals surface area contributed by atoms with Crippen molar-refractivity contribution in [2.45, 2.75) is 11.3 Å². The van der Waals surface area contributed by atoms with Crippen LogP contribution in [-0.2, 0) is 4.79 Å². The Hall–Kier alpha value is -1.20. The second kappa shape index (κ2) is 6.66. The summed E-state index contributed by atoms with van der Waals surface area (Å²) in [6.07, 6.45) is 0.597. The van der Waals surface area contributed by atoms with Crippen molar-refractivity contribution < 1.29 is 4.79 Å². The summed E-state index contributed by atoms with van der Waals surface area (Å²) < 4.78 is 0. The fourth-order valence-corrected chi connectivity index (χ4v) is 2.84. The molecule has 3 N–H and O–H groups in total. The molecule has 0 saturated carbocycles. The van der Waals surface area contributed by atoms with Crippen molar-refractivity contribution in [2.75, 3.05) is 37.7 Å². The summed E-state index contributed by atoms with van der Waals surface area (Å²) in [5, 5.41) is 3.24. The Balaban J connectivity index is 1.73. The first-order chi connectivity index (χ1) is 8.75. The fourth-order valence-electron chi connectivity index (χ4n) is 1.93. The second-order valence-corrected chi connectivity index (χ2v) is 5.47. The zero-order valence-corrected chi connectivity index (χ0v) is 11.2. The molecule has 5 heteroatoms. The number of thioether (sulfide) groups is 1. The minimum atomic E-state index is 0.257. The molecule has 1 fully saturated rings. The Morgan fingerprint density at radius 2 is 2.17 bits per heavy atom. The van der Waals surface area contributed by atoms with Gasteiger partial charge in [0.15, 0.2) is 0 Å². The lowest BCUT2D eigenvalue weighted by molar-refractivity contribution is -0.131. The number of hydrogen-bond acceptors (Lipinski definition) is 4. The number of carbonyl (C=O) groups is 1. The molecule has 0 unspecified atom stereocenters. The third-order valence-electron chi connectivity index (χ3n) is 2.91. The number of carbonyl (C=O) groups excluding carboxylic acids is 1. The lowest BCUT2D eigenvalue weighted by Gasteiger charge is -2.27. The van der Waals surface area contributed by atoms with E-state index in [-0.39, 0.29) is 5.91 Å². The number of nitrogens with two attached hydrogens (primary N) is 1. The van der Waals surface area contributed by atoms with Gasteiger partial charge in [0.25, 0.3) is 0 Å². The first-order valence-electron chi connectivity index (χ1n) is 6.22. The Morgan fingerprint density at radius 1 is 1.39 bits per heavy atom. The average molecular weight is 265 g/mol. The molecule has 1 amide bonds. The van der Waals surface area contributed by atoms with Crippen LogP contribution in [0.4, 0.5) is 5.69 Å². The molecule has 18 heavy (non-hydrogen) atoms. The van der Waals surface area contributed by atoms with Gasteiger partial charge in [-0.25, -0.2) is 0 Å². The summed E-state index contributed by atoms with van der Waals surface area (Å²) in [5.74, 6) is 1.07. The van der Waals surface area contributed by atoms with Gasteiger partial charge in [0.05, 0.1) is 0 Å². The van der Waals surface area contributed by atoms with Gasteiger partial charge in [0, 0.05) is 48.9 Å². The van der Waals surface area contributed by atoms with E-state index in [2.05, 4.69) is 5.32 Å². The van der Waals surface area contributed by atoms with Crippen molar-refractivity contribution >= 4 is 23.4 Å². The molecule has 0 bridgehead atoms. The van der Waals surface area contributed by atoms with E-state index in [0.29, 0.717) is 6.42 Å². The van der Waals surface area contributed by atoms with Crippen molar-refractivity contribution in [3.63, 3.8) is 0 Å². The van der Waals surface area contributed by atoms with E-state index in [1.807, 2.05) is 29.2 Å². The number of hydrogen-bond donors (Lipinski definition) is 2. The molecule has 0 spiro atoms. The lowest BCUT2D eigenvalue weighted by atomic mass is 10.3. The van der Waals surface area contributed by atoms with E-state index in [1.54, 1.807) is 11.8 Å². The highest BCUT2D eigenvalue weighted by Gasteiger charge is 2.15. The predicted molar refractivity (Wildman–Crippen MR) is 75.6 cm³/mol. The first kappa shape index (κ1) is 13.2. The molecule has 98 valence electrons. The number of nitrogen functional groups attached to an aromatic ring is 1. The highest BCUT2D eigenvalue weighted by molar-refractivity contribution is 7.99. The van der Waals surface area contributed by atoms with Gasteiger partial charge in [-0.3, -0.25) is 4.79 Å². The van der Waals surface area contributed by atoms with E-state index in [9.17, 15) is 4.79 Å². The zero-order valence-electron chi connectivity index (χ0n) is 10.4. The Kier molecular flexibility index (Phi) is 4.90. The number of anilines is 1. The molecule has 0 aliphatic carbocycles. The summed E-state index contributed by atoms with van der Waals surface area (Å²) in [5.41, 5.74) is 6.48. The Labute approximate surface area is 112 Å². The third-order valence-corrected chi connectivity index (χ3v) is 3.91. The van der Waals surface area contributed by atoms with Gasteiger partial charge in [-0.2, -0.15) is 0 Å². The van der Waals surface area contributed by atoms with E-state index in [1.165, 1.54) is 0 Å². The van der Waals surface area contributed by atoms with Gasteiger partial charge in [-0.1, -0.05) is 6.07 Å². The van der Waals surface area contributed by atoms with Crippen LogP contribution < -0.4 is 11.1 Å². The van der Waals surface area contributed by atoms with Crippen molar-refractivity contribution in [3.05, 3.63) is 24.3 Å². The van der Waals surface area contributed by atoms with Gasteiger partial charge in [-0.15, -0.1) is 11.8 Å². The molecule has 1 saturated heterocycles. The highest BCUT2D eigenvalue weighted by atomic mass is 32.2. The van der Waals surface area contributed by atoms with Gasteiger partial charge in [0.2, 0.25) is 5.91 Å². The molecule has 2 rings (SSSR count). The van der Waals surface area contributed by atoms with Crippen LogP contribution in [0.3, 0.4) is 0 Å². The third kappa shape index (κ3) is 3.92. The quantitative estimate of drug-likeness (QED) is 0.634. The SMILES string of the molecule is Nc1cccc(SCCC(=O)N2CCNCC2)c1. The molecular weight excluding hydrogens is 246 g/mol. The van der Waals surface area contributed by atoms with Crippen LogP contribution in [0.25, 0.3) is 0 Å². The van der Waals surface area contributed by atoms with Crippen LogP contribution in [0.5, 0.6) is 0 Å². The minimum Gasteiger partial charge on any atom is -0.399 e. The molecule has 1 aliphatic heterocycles. The second-order valence-electron chi connectivity index (χ2n) is 4.30. The standard InChI is InChI=1S/C13H19N3OS/c14-11-2-1-3-12(10-11)18-9-4-13(17)16-7-5-15-6-8-16/h1-3,10,15H,4-9,14H2. The van der Waals surface area contributed by atoms with Crippen molar-refractivity contribution in [3.8, 4) is 0 Å². The molecule has 1 heterocycles. The lowest BCUT2D eigenvalue weighted by Crippen LogP contribution is -2.46. The number of amides is 1. The topological polar surface area (TPSA) is 58.4 Å². The van der Waals surface area contributed by atoms with Crippen LogP contribution >= 0.6 is 11.8 Å². The maximum Gasteiger partial charge on any atom is 0.223 e. The van der Waals surface area contributed by atoms with Gasteiger partial charge < -0.3 is 16.0 Å². The van der Waals surface area contributed by atoms with E-state index < -0.39 is 0 Å². The van der Waals surface area contributed by atoms with Crippen LogP contribution in [0.1, 0.15) is 6.42 Å². The average Bonchev–Trinajstić information content (AvgIpc) is 2.40. The molecule has 0 radical (unpaired) electrons. The maximum atomic E-state index is 11.9. The predicted octanol–water partition coefficient (Wildman–Crippen LogP) is 1.18. The number of nitrogens with one attached hydrogen (secondary N) is 1. The van der Waals surface area contributed by atoms with Crippen LogP contribution in [-0.4, -0.2) is 42.7 Å². The largest absolute Gasteiger partial charge is 0.399 e. The van der Waals surface area contributed by atoms with Crippen LogP contribution in [0, 0.1) is 0 Å². The summed E-state index contributed by atoms with van der Waals surface area (Å²) in [6.45, 7) is 3.49. The Bertz CT molecular complexity index is 405. The van der Waals surface area contributed by atoms with Crippen LogP contribution in [0.15, 0.2) is 29.2 Å². The van der Waals surface area contributed by atoms with Gasteiger partial charge in [0.1, 0.15) is 0 Å². The van der Waals surface area contributed by atoms with Crippen molar-refractivity contribution in [2.24, 2.45) is 0 Å². The first-order valence-corrected chi connectivity index (χ1v) is 7.21. The fraction of sp³-hybridized carbons (Fsp3) is 0.462. The monoisotopic (exact) mass is 265 g/mol. The maximum absolute atomic E-state index is 11.9. The van der Waals surface area contributed by atoms with Crippen molar-refractivity contribution in [1.29, 1.82) is 0 Å². The highest BCUT2D eigenvalue weighted by Crippen LogP contribution is 2.21. The van der Waals surface area contributed by atoms with E-state index >= 15 is 0 Å². The molecule has 1 aliphatic rings. The minimum absolute atomic E-state index is 0.257. The number of piperazine rings is 1. The zero-order chi connectivity index (χ0) is 12.8. The smallest absolute Gasteiger partial charge is 0.223 e.